The fraction of sp³-hybridized carbons (Fsp3) is 1.00. The Morgan fingerprint density at radius 1 is 0.625 bits per heavy atom. The van der Waals surface area contributed by atoms with E-state index in [1.807, 2.05) is 0 Å². The molecule has 16 heteroatoms. The molecular weight excluding hydrogens is 398 g/mol. The fourth-order valence-electron chi connectivity index (χ4n) is 0.912. The SMILES string of the molecule is O=S(=O)([N-]CCOCCOCC[N-]S(=O)(=O)C(F)(F)F)C(F)(F)F. The average molecular weight is 410 g/mol. The van der Waals surface area contributed by atoms with Crippen LogP contribution in [0.1, 0.15) is 0 Å². The van der Waals surface area contributed by atoms with Crippen molar-refractivity contribution in [3.05, 3.63) is 9.44 Å². The summed E-state index contributed by atoms with van der Waals surface area (Å²) in [6.45, 7) is -2.94. The highest BCUT2D eigenvalue weighted by Gasteiger charge is 2.39. The molecule has 0 atom stereocenters. The van der Waals surface area contributed by atoms with Crippen LogP contribution in [-0.2, 0) is 29.5 Å². The Morgan fingerprint density at radius 3 is 1.17 bits per heavy atom. The number of halogens is 6. The second kappa shape index (κ2) is 9.14. The Balaban J connectivity index is 3.67. The summed E-state index contributed by atoms with van der Waals surface area (Å²) in [7, 11) is -11.2. The molecule has 0 bridgehead atoms. The number of ether oxygens (including phenoxy) is 2. The maximum absolute atomic E-state index is 11.9. The zero-order valence-corrected chi connectivity index (χ0v) is 13.3. The zero-order chi connectivity index (χ0) is 19.1. The van der Waals surface area contributed by atoms with Crippen LogP contribution in [0.4, 0.5) is 26.3 Å². The van der Waals surface area contributed by atoms with Crippen LogP contribution in [0.25, 0.3) is 9.44 Å². The zero-order valence-electron chi connectivity index (χ0n) is 11.7. The maximum atomic E-state index is 11.9. The molecule has 0 fully saturated rings. The number of hydrogen-bond donors (Lipinski definition) is 0. The largest absolute Gasteiger partial charge is 0.539 e. The van der Waals surface area contributed by atoms with Crippen molar-refractivity contribution in [1.82, 2.24) is 0 Å². The third-order valence-electron chi connectivity index (χ3n) is 1.95. The van der Waals surface area contributed by atoms with Crippen molar-refractivity contribution in [3.8, 4) is 0 Å². The highest BCUT2D eigenvalue weighted by atomic mass is 32.2. The number of rotatable bonds is 11. The topological polar surface area (TPSA) is 115 Å². The minimum Gasteiger partial charge on any atom is -0.539 e. The summed E-state index contributed by atoms with van der Waals surface area (Å²) in [5.41, 5.74) is -11.0. The van der Waals surface area contributed by atoms with E-state index in [-0.39, 0.29) is 13.2 Å². The van der Waals surface area contributed by atoms with Gasteiger partial charge in [-0.25, -0.2) is 16.8 Å². The molecule has 0 rings (SSSR count). The van der Waals surface area contributed by atoms with Crippen LogP contribution >= 0.6 is 0 Å². The first kappa shape index (κ1) is 23.3. The molecule has 0 spiro atoms. The van der Waals surface area contributed by atoms with Crippen molar-refractivity contribution in [3.63, 3.8) is 0 Å². The van der Waals surface area contributed by atoms with Gasteiger partial charge >= 0.3 is 11.0 Å². The molecule has 0 aromatic carbocycles. The standard InChI is InChI=1S/C8H12F6N2O6S2/c9-7(10,11)23(17,18)15-1-3-21-5-6-22-4-2-16-24(19,20)8(12,13)14/h1-6H2/q-2. The van der Waals surface area contributed by atoms with Crippen molar-refractivity contribution >= 4 is 20.0 Å². The molecule has 0 aromatic rings. The molecule has 0 radical (unpaired) electrons. The highest BCUT2D eigenvalue weighted by Crippen LogP contribution is 2.28. The van der Waals surface area contributed by atoms with E-state index in [1.165, 1.54) is 0 Å². The Bertz CT molecular complexity index is 521. The summed E-state index contributed by atoms with van der Waals surface area (Å²) in [6, 6.07) is 0. The first-order chi connectivity index (χ1) is 10.7. The summed E-state index contributed by atoms with van der Waals surface area (Å²) >= 11 is 0. The predicted molar refractivity (Wildman–Crippen MR) is 68.0 cm³/mol. The van der Waals surface area contributed by atoms with Crippen LogP contribution in [0.2, 0.25) is 0 Å². The van der Waals surface area contributed by atoms with Gasteiger partial charge in [-0.1, -0.05) is 0 Å². The lowest BCUT2D eigenvalue weighted by Crippen LogP contribution is -2.23. The summed E-state index contributed by atoms with van der Waals surface area (Å²) in [5, 5.41) is 0. The highest BCUT2D eigenvalue weighted by molar-refractivity contribution is 7.95. The van der Waals surface area contributed by atoms with E-state index in [9.17, 15) is 43.2 Å². The van der Waals surface area contributed by atoms with Crippen molar-refractivity contribution in [2.45, 2.75) is 11.0 Å². The lowest BCUT2D eigenvalue weighted by molar-refractivity contribution is -0.0434. The van der Waals surface area contributed by atoms with Crippen LogP contribution in [0.3, 0.4) is 0 Å². The van der Waals surface area contributed by atoms with Gasteiger partial charge in [-0.2, -0.15) is 26.3 Å². The van der Waals surface area contributed by atoms with Crippen molar-refractivity contribution in [1.29, 1.82) is 0 Å². The molecule has 8 nitrogen and oxygen atoms in total. The summed E-state index contributed by atoms with van der Waals surface area (Å²) < 4.78 is 127. The summed E-state index contributed by atoms with van der Waals surface area (Å²) in [6.07, 6.45) is 0. The van der Waals surface area contributed by atoms with Crippen LogP contribution in [0, 0.1) is 0 Å². The van der Waals surface area contributed by atoms with E-state index >= 15 is 0 Å². The first-order valence-electron chi connectivity index (χ1n) is 5.86. The fourth-order valence-corrected chi connectivity index (χ4v) is 1.83. The van der Waals surface area contributed by atoms with Crippen LogP contribution in [0.5, 0.6) is 0 Å². The van der Waals surface area contributed by atoms with Gasteiger partial charge in [0.2, 0.25) is 0 Å². The quantitative estimate of drug-likeness (QED) is 0.376. The molecule has 0 heterocycles. The molecule has 0 N–H and O–H groups in total. The molecule has 0 aromatic heterocycles. The number of alkyl halides is 6. The van der Waals surface area contributed by atoms with Crippen molar-refractivity contribution in [2.24, 2.45) is 0 Å². The molecule has 0 saturated carbocycles. The van der Waals surface area contributed by atoms with Gasteiger partial charge < -0.3 is 18.9 Å². The Kier molecular flexibility index (Phi) is 8.88. The van der Waals surface area contributed by atoms with Crippen LogP contribution in [-0.4, -0.2) is 67.4 Å². The smallest absolute Gasteiger partial charge is 0.480 e. The third-order valence-corrected chi connectivity index (χ3v) is 4.17. The molecule has 0 aliphatic rings. The van der Waals surface area contributed by atoms with E-state index in [0.29, 0.717) is 0 Å². The molecule has 0 unspecified atom stereocenters. The minimum atomic E-state index is -5.58. The van der Waals surface area contributed by atoms with E-state index < -0.39 is 57.4 Å². The number of nitrogens with zero attached hydrogens (tertiary/aromatic N) is 2. The van der Waals surface area contributed by atoms with Gasteiger partial charge in [0.1, 0.15) is 0 Å². The molecule has 24 heavy (non-hydrogen) atoms. The lowest BCUT2D eigenvalue weighted by atomic mass is 10.7. The Morgan fingerprint density at radius 2 is 0.917 bits per heavy atom. The van der Waals surface area contributed by atoms with E-state index in [2.05, 4.69) is 18.9 Å². The maximum Gasteiger partial charge on any atom is 0.480 e. The summed E-state index contributed by atoms with van der Waals surface area (Å²) in [5.74, 6) is 0. The van der Waals surface area contributed by atoms with Crippen molar-refractivity contribution < 1.29 is 52.7 Å². The summed E-state index contributed by atoms with van der Waals surface area (Å²) in [4.78, 5) is 0. The van der Waals surface area contributed by atoms with Gasteiger partial charge in [0.25, 0.3) is 0 Å². The number of hydrogen-bond acceptors (Lipinski definition) is 6. The third kappa shape index (κ3) is 8.43. The Labute approximate surface area is 133 Å². The lowest BCUT2D eigenvalue weighted by Gasteiger charge is -2.22. The normalized spacial score (nSPS) is 14.1. The van der Waals surface area contributed by atoms with Crippen LogP contribution in [0.15, 0.2) is 0 Å². The molecule has 0 aliphatic carbocycles. The Hall–Kier alpha value is -0.680. The van der Waals surface area contributed by atoms with Gasteiger partial charge in [0.15, 0.2) is 20.0 Å². The van der Waals surface area contributed by atoms with Gasteiger partial charge in [0.05, 0.1) is 13.2 Å². The molecule has 146 valence electrons. The predicted octanol–water partition coefficient (Wildman–Crippen LogP) is 1.47. The minimum absolute atomic E-state index is 0.229. The number of sulfonamides is 2. The molecular formula is C8H12F6N2O6S2-2. The van der Waals surface area contributed by atoms with E-state index in [4.69, 9.17) is 0 Å². The second-order valence-corrected chi connectivity index (χ2v) is 7.11. The van der Waals surface area contributed by atoms with Gasteiger partial charge in [-0.05, 0) is 0 Å². The monoisotopic (exact) mass is 410 g/mol. The van der Waals surface area contributed by atoms with Gasteiger partial charge in [-0.15, -0.1) is 13.1 Å². The van der Waals surface area contributed by atoms with Crippen LogP contribution < -0.4 is 0 Å². The molecule has 0 aliphatic heterocycles. The van der Waals surface area contributed by atoms with Crippen molar-refractivity contribution in [2.75, 3.05) is 39.5 Å². The second-order valence-electron chi connectivity index (χ2n) is 3.77. The van der Waals surface area contributed by atoms with E-state index in [0.717, 1.165) is 0 Å². The first-order valence-corrected chi connectivity index (χ1v) is 8.74. The average Bonchev–Trinajstić information content (AvgIpc) is 2.38. The van der Waals surface area contributed by atoms with Gasteiger partial charge in [0, 0.05) is 13.2 Å². The van der Waals surface area contributed by atoms with E-state index in [1.54, 1.807) is 0 Å². The molecule has 0 amide bonds. The molecule has 0 saturated heterocycles. The van der Waals surface area contributed by atoms with Gasteiger partial charge in [-0.3, -0.25) is 0 Å².